The van der Waals surface area contributed by atoms with Gasteiger partial charge in [-0.25, -0.2) is 4.79 Å². The summed E-state index contributed by atoms with van der Waals surface area (Å²) < 4.78 is 16.3. The Labute approximate surface area is 185 Å². The van der Waals surface area contributed by atoms with Gasteiger partial charge in [0.15, 0.2) is 0 Å². The topological polar surface area (TPSA) is 94.1 Å². The molecule has 3 rings (SSSR count). The van der Waals surface area contributed by atoms with E-state index in [1.54, 1.807) is 74.9 Å². The summed E-state index contributed by atoms with van der Waals surface area (Å²) in [5.74, 6) is 0.216. The van der Waals surface area contributed by atoms with Crippen LogP contribution in [0.5, 0.6) is 17.2 Å². The van der Waals surface area contributed by atoms with E-state index in [2.05, 4.69) is 5.32 Å². The Bertz CT molecular complexity index is 1080. The summed E-state index contributed by atoms with van der Waals surface area (Å²) in [6.45, 7) is 0.302. The maximum Gasteiger partial charge on any atom is 0.352 e. The summed E-state index contributed by atoms with van der Waals surface area (Å²) in [6.07, 6.45) is 1.39. The minimum Gasteiger partial charge on any atom is -0.497 e. The molecule has 32 heavy (non-hydrogen) atoms. The van der Waals surface area contributed by atoms with Gasteiger partial charge in [-0.2, -0.15) is 0 Å². The molecule has 0 spiro atoms. The predicted octanol–water partition coefficient (Wildman–Crippen LogP) is 4.14. The number of hydrogen-bond donors (Lipinski definition) is 2. The fourth-order valence-electron chi connectivity index (χ4n) is 2.88. The predicted molar refractivity (Wildman–Crippen MR) is 120 cm³/mol. The van der Waals surface area contributed by atoms with Gasteiger partial charge in [0, 0.05) is 11.6 Å². The fourth-order valence-corrected chi connectivity index (χ4v) is 2.88. The van der Waals surface area contributed by atoms with E-state index >= 15 is 0 Å². The van der Waals surface area contributed by atoms with E-state index in [1.807, 2.05) is 12.1 Å². The number of ether oxygens (including phenoxy) is 3. The summed E-state index contributed by atoms with van der Waals surface area (Å²) in [6, 6.07) is 20.8. The summed E-state index contributed by atoms with van der Waals surface area (Å²) in [5.41, 5.74) is 1.63. The lowest BCUT2D eigenvalue weighted by molar-refractivity contribution is -0.132. The zero-order valence-electron chi connectivity index (χ0n) is 17.7. The highest BCUT2D eigenvalue weighted by atomic mass is 16.5. The second kappa shape index (κ2) is 10.7. The van der Waals surface area contributed by atoms with Gasteiger partial charge in [0.2, 0.25) is 0 Å². The molecular formula is C25H23NO6. The summed E-state index contributed by atoms with van der Waals surface area (Å²) in [4.78, 5) is 23.8. The van der Waals surface area contributed by atoms with Crippen molar-refractivity contribution in [3.05, 3.63) is 95.2 Å². The van der Waals surface area contributed by atoms with E-state index in [4.69, 9.17) is 14.2 Å². The Morgan fingerprint density at radius 3 is 2.06 bits per heavy atom. The highest BCUT2D eigenvalue weighted by molar-refractivity contribution is 6.02. The summed E-state index contributed by atoms with van der Waals surface area (Å²) >= 11 is 0. The Balaban J connectivity index is 1.68. The van der Waals surface area contributed by atoms with Gasteiger partial charge >= 0.3 is 5.97 Å². The number of rotatable bonds is 9. The second-order valence-electron chi connectivity index (χ2n) is 6.76. The first-order valence-corrected chi connectivity index (χ1v) is 9.74. The van der Waals surface area contributed by atoms with Gasteiger partial charge in [0.05, 0.1) is 14.2 Å². The molecule has 3 aromatic carbocycles. The smallest absolute Gasteiger partial charge is 0.352 e. The van der Waals surface area contributed by atoms with Gasteiger partial charge in [0.25, 0.3) is 5.91 Å². The molecule has 0 aliphatic rings. The SMILES string of the molecule is COc1cc(COc2ccc(/C=C(/NC(=O)c3ccccc3)C(=O)O)cc2)cc(OC)c1. The first kappa shape index (κ1) is 22.4. The number of carbonyl (C=O) groups is 2. The number of benzene rings is 3. The molecule has 0 unspecified atom stereocenters. The Kier molecular flexibility index (Phi) is 7.48. The molecule has 0 bridgehead atoms. The Morgan fingerprint density at radius 2 is 1.50 bits per heavy atom. The van der Waals surface area contributed by atoms with E-state index in [9.17, 15) is 14.7 Å². The lowest BCUT2D eigenvalue weighted by atomic mass is 10.1. The van der Waals surface area contributed by atoms with E-state index in [-0.39, 0.29) is 5.70 Å². The number of carbonyl (C=O) groups excluding carboxylic acids is 1. The van der Waals surface area contributed by atoms with Crippen molar-refractivity contribution >= 4 is 18.0 Å². The molecule has 0 fully saturated rings. The van der Waals surface area contributed by atoms with Crippen LogP contribution in [0.3, 0.4) is 0 Å². The highest BCUT2D eigenvalue weighted by Gasteiger charge is 2.13. The lowest BCUT2D eigenvalue weighted by Crippen LogP contribution is -2.27. The molecule has 0 heterocycles. The minimum atomic E-state index is -1.23. The van der Waals surface area contributed by atoms with Crippen molar-refractivity contribution in [2.24, 2.45) is 0 Å². The molecular weight excluding hydrogens is 410 g/mol. The van der Waals surface area contributed by atoms with E-state index in [1.165, 1.54) is 6.08 Å². The van der Waals surface area contributed by atoms with Crippen LogP contribution in [-0.4, -0.2) is 31.2 Å². The van der Waals surface area contributed by atoms with Gasteiger partial charge in [0.1, 0.15) is 29.6 Å². The molecule has 0 aliphatic carbocycles. The molecule has 0 radical (unpaired) electrons. The Morgan fingerprint density at radius 1 is 0.875 bits per heavy atom. The van der Waals surface area contributed by atoms with Crippen LogP contribution in [0.25, 0.3) is 6.08 Å². The number of aliphatic carboxylic acids is 1. The van der Waals surface area contributed by atoms with Crippen molar-refractivity contribution < 1.29 is 28.9 Å². The van der Waals surface area contributed by atoms with Crippen molar-refractivity contribution in [3.8, 4) is 17.2 Å². The van der Waals surface area contributed by atoms with Crippen molar-refractivity contribution in [1.82, 2.24) is 5.32 Å². The number of hydrogen-bond acceptors (Lipinski definition) is 5. The molecule has 2 N–H and O–H groups in total. The van der Waals surface area contributed by atoms with Gasteiger partial charge in [-0.05, 0) is 53.6 Å². The van der Waals surface area contributed by atoms with Crippen molar-refractivity contribution in [2.75, 3.05) is 14.2 Å². The first-order valence-electron chi connectivity index (χ1n) is 9.74. The van der Waals surface area contributed by atoms with E-state index in [0.717, 1.165) is 5.56 Å². The Hall–Kier alpha value is -4.26. The van der Waals surface area contributed by atoms with Crippen LogP contribution in [0.1, 0.15) is 21.5 Å². The standard InChI is InChI=1S/C25H23NO6/c1-30-21-12-18(13-22(15-21)31-2)16-32-20-10-8-17(9-11-20)14-23(25(28)29)26-24(27)19-6-4-3-5-7-19/h3-15H,16H2,1-2H3,(H,26,27)(H,28,29)/b23-14+. The molecule has 0 atom stereocenters. The molecule has 164 valence electrons. The number of carboxylic acid groups (broad SMARTS) is 1. The van der Waals surface area contributed by atoms with Crippen LogP contribution in [0.4, 0.5) is 0 Å². The van der Waals surface area contributed by atoms with Crippen molar-refractivity contribution in [2.45, 2.75) is 6.61 Å². The third-order valence-electron chi connectivity index (χ3n) is 4.52. The van der Waals surface area contributed by atoms with Crippen LogP contribution in [-0.2, 0) is 11.4 Å². The largest absolute Gasteiger partial charge is 0.497 e. The minimum absolute atomic E-state index is 0.226. The zero-order valence-corrected chi connectivity index (χ0v) is 17.7. The number of nitrogens with one attached hydrogen (secondary N) is 1. The van der Waals surface area contributed by atoms with E-state index < -0.39 is 11.9 Å². The van der Waals surface area contributed by atoms with Crippen molar-refractivity contribution in [3.63, 3.8) is 0 Å². The molecule has 0 saturated heterocycles. The van der Waals surface area contributed by atoms with E-state index in [0.29, 0.717) is 35.0 Å². The zero-order chi connectivity index (χ0) is 22.9. The summed E-state index contributed by atoms with van der Waals surface area (Å²) in [5, 5.41) is 11.9. The number of carboxylic acids is 1. The molecule has 0 aromatic heterocycles. The average molecular weight is 433 g/mol. The average Bonchev–Trinajstić information content (AvgIpc) is 2.83. The van der Waals surface area contributed by atoms with Crippen LogP contribution < -0.4 is 19.5 Å². The van der Waals surface area contributed by atoms with Gasteiger partial charge in [-0.15, -0.1) is 0 Å². The molecule has 0 aliphatic heterocycles. The quantitative estimate of drug-likeness (QED) is 0.493. The molecule has 7 nitrogen and oxygen atoms in total. The second-order valence-corrected chi connectivity index (χ2v) is 6.76. The lowest BCUT2D eigenvalue weighted by Gasteiger charge is -2.10. The maximum atomic E-state index is 12.3. The molecule has 3 aromatic rings. The van der Waals surface area contributed by atoms with Crippen LogP contribution in [0.2, 0.25) is 0 Å². The third-order valence-corrected chi connectivity index (χ3v) is 4.52. The monoisotopic (exact) mass is 433 g/mol. The molecule has 0 saturated carbocycles. The number of methoxy groups -OCH3 is 2. The van der Waals surface area contributed by atoms with Crippen molar-refractivity contribution in [1.29, 1.82) is 0 Å². The van der Waals surface area contributed by atoms with Gasteiger partial charge < -0.3 is 24.6 Å². The van der Waals surface area contributed by atoms with Gasteiger partial charge in [-0.3, -0.25) is 4.79 Å². The normalized spacial score (nSPS) is 10.9. The fraction of sp³-hybridized carbons (Fsp3) is 0.120. The third kappa shape index (κ3) is 6.12. The van der Waals surface area contributed by atoms with Crippen LogP contribution >= 0.6 is 0 Å². The molecule has 7 heteroatoms. The highest BCUT2D eigenvalue weighted by Crippen LogP contribution is 2.24. The van der Waals surface area contributed by atoms with Crippen LogP contribution in [0.15, 0.2) is 78.5 Å². The van der Waals surface area contributed by atoms with Crippen LogP contribution in [0, 0.1) is 0 Å². The molecule has 1 amide bonds. The summed E-state index contributed by atoms with van der Waals surface area (Å²) in [7, 11) is 3.17. The first-order chi connectivity index (χ1) is 15.5. The number of amides is 1. The van der Waals surface area contributed by atoms with Gasteiger partial charge in [-0.1, -0.05) is 30.3 Å². The maximum absolute atomic E-state index is 12.3.